The Morgan fingerprint density at radius 2 is 2.09 bits per heavy atom. The van der Waals surface area contributed by atoms with E-state index in [0.29, 0.717) is 27.3 Å². The molecule has 0 unspecified atom stereocenters. The van der Waals surface area contributed by atoms with E-state index in [0.717, 1.165) is 16.7 Å². The van der Waals surface area contributed by atoms with Gasteiger partial charge in [0.2, 0.25) is 0 Å². The smallest absolute Gasteiger partial charge is 0.350 e. The SMILES string of the molecule is Cc1nc(C)c(C(=O)OCC(=O)Nc2cccc3nsnc23)s1. The van der Waals surface area contributed by atoms with E-state index in [4.69, 9.17) is 4.74 Å². The summed E-state index contributed by atoms with van der Waals surface area (Å²) in [4.78, 5) is 28.5. The fourth-order valence-electron chi connectivity index (χ4n) is 2.01. The molecule has 0 aliphatic carbocycles. The summed E-state index contributed by atoms with van der Waals surface area (Å²) < 4.78 is 13.3. The van der Waals surface area contributed by atoms with Crippen LogP contribution < -0.4 is 5.32 Å². The van der Waals surface area contributed by atoms with Gasteiger partial charge in [-0.2, -0.15) is 8.75 Å². The number of aromatic nitrogens is 3. The van der Waals surface area contributed by atoms with Crippen molar-refractivity contribution in [1.29, 1.82) is 0 Å². The van der Waals surface area contributed by atoms with Gasteiger partial charge in [0.1, 0.15) is 15.9 Å². The molecule has 9 heteroatoms. The number of carbonyl (C=O) groups excluding carboxylic acids is 2. The maximum absolute atomic E-state index is 12.0. The molecule has 0 saturated heterocycles. The van der Waals surface area contributed by atoms with Crippen LogP contribution in [0.1, 0.15) is 20.4 Å². The lowest BCUT2D eigenvalue weighted by Crippen LogP contribution is -2.21. The molecule has 1 amide bonds. The van der Waals surface area contributed by atoms with Crippen molar-refractivity contribution >= 4 is 51.7 Å². The van der Waals surface area contributed by atoms with Crippen LogP contribution in [0.5, 0.6) is 0 Å². The van der Waals surface area contributed by atoms with Gasteiger partial charge in [-0.05, 0) is 26.0 Å². The first-order chi connectivity index (χ1) is 11.0. The highest BCUT2D eigenvalue weighted by molar-refractivity contribution is 7.13. The Morgan fingerprint density at radius 3 is 2.83 bits per heavy atom. The van der Waals surface area contributed by atoms with Crippen molar-refractivity contribution in [3.8, 4) is 0 Å². The number of hydrogen-bond acceptors (Lipinski definition) is 8. The second-order valence-electron chi connectivity index (χ2n) is 4.71. The molecule has 0 aliphatic heterocycles. The normalized spacial score (nSPS) is 10.7. The number of hydrogen-bond donors (Lipinski definition) is 1. The van der Waals surface area contributed by atoms with Gasteiger partial charge in [0.05, 0.1) is 28.1 Å². The van der Waals surface area contributed by atoms with E-state index in [1.807, 2.05) is 13.0 Å². The summed E-state index contributed by atoms with van der Waals surface area (Å²) >= 11 is 2.32. The number of nitrogens with zero attached hydrogens (tertiary/aromatic N) is 3. The quantitative estimate of drug-likeness (QED) is 0.728. The fourth-order valence-corrected chi connectivity index (χ4v) is 3.37. The second-order valence-corrected chi connectivity index (χ2v) is 6.44. The molecule has 2 aromatic heterocycles. The highest BCUT2D eigenvalue weighted by atomic mass is 32.1. The lowest BCUT2D eigenvalue weighted by molar-refractivity contribution is -0.119. The molecule has 2 heterocycles. The first-order valence-electron chi connectivity index (χ1n) is 6.67. The van der Waals surface area contributed by atoms with Crippen molar-refractivity contribution in [2.75, 3.05) is 11.9 Å². The van der Waals surface area contributed by atoms with E-state index in [1.54, 1.807) is 19.1 Å². The number of amides is 1. The molecule has 0 fully saturated rings. The largest absolute Gasteiger partial charge is 0.451 e. The number of thiazole rings is 1. The van der Waals surface area contributed by atoms with Crippen molar-refractivity contribution in [3.05, 3.63) is 33.8 Å². The van der Waals surface area contributed by atoms with E-state index in [2.05, 4.69) is 19.0 Å². The first-order valence-corrected chi connectivity index (χ1v) is 8.21. The summed E-state index contributed by atoms with van der Waals surface area (Å²) in [6, 6.07) is 5.30. The minimum atomic E-state index is -0.545. The molecule has 0 spiro atoms. The van der Waals surface area contributed by atoms with Crippen LogP contribution in [0, 0.1) is 13.8 Å². The molecule has 1 N–H and O–H groups in total. The Bertz CT molecular complexity index is 887. The average molecular weight is 348 g/mol. The number of rotatable bonds is 4. The predicted octanol–water partition coefficient (Wildman–Crippen LogP) is 2.56. The molecule has 23 heavy (non-hydrogen) atoms. The third kappa shape index (κ3) is 3.35. The van der Waals surface area contributed by atoms with Gasteiger partial charge in [-0.25, -0.2) is 9.78 Å². The van der Waals surface area contributed by atoms with Gasteiger partial charge < -0.3 is 10.1 Å². The number of esters is 1. The molecule has 1 aromatic carbocycles. The van der Waals surface area contributed by atoms with Crippen LogP contribution in [0.15, 0.2) is 18.2 Å². The summed E-state index contributed by atoms with van der Waals surface area (Å²) in [5.74, 6) is -0.977. The summed E-state index contributed by atoms with van der Waals surface area (Å²) in [6.45, 7) is 3.17. The van der Waals surface area contributed by atoms with Crippen LogP contribution in [0.4, 0.5) is 5.69 Å². The van der Waals surface area contributed by atoms with Gasteiger partial charge in [-0.1, -0.05) is 6.07 Å². The van der Waals surface area contributed by atoms with Gasteiger partial charge in [-0.15, -0.1) is 11.3 Å². The molecule has 0 atom stereocenters. The maximum atomic E-state index is 12.0. The zero-order valence-electron chi connectivity index (χ0n) is 12.3. The van der Waals surface area contributed by atoms with Crippen LogP contribution in [0.2, 0.25) is 0 Å². The second kappa shape index (κ2) is 6.39. The number of carbonyl (C=O) groups is 2. The molecule has 0 bridgehead atoms. The molecule has 3 aromatic rings. The Hall–Kier alpha value is -2.39. The maximum Gasteiger partial charge on any atom is 0.350 e. The molecule has 0 aliphatic rings. The summed E-state index contributed by atoms with van der Waals surface area (Å²) in [5, 5.41) is 3.45. The van der Waals surface area contributed by atoms with Crippen molar-refractivity contribution in [2.24, 2.45) is 0 Å². The van der Waals surface area contributed by atoms with Gasteiger partial charge in [-0.3, -0.25) is 4.79 Å². The van der Waals surface area contributed by atoms with Crippen LogP contribution in [-0.2, 0) is 9.53 Å². The lowest BCUT2D eigenvalue weighted by atomic mass is 10.2. The van der Waals surface area contributed by atoms with Crippen molar-refractivity contribution in [2.45, 2.75) is 13.8 Å². The molecule has 3 rings (SSSR count). The van der Waals surface area contributed by atoms with Gasteiger partial charge in [0, 0.05) is 0 Å². The van der Waals surface area contributed by atoms with Crippen molar-refractivity contribution in [1.82, 2.24) is 13.7 Å². The van der Waals surface area contributed by atoms with Crippen LogP contribution in [0.25, 0.3) is 11.0 Å². The Kier molecular flexibility index (Phi) is 4.30. The average Bonchev–Trinajstić information content (AvgIpc) is 3.11. The summed E-state index contributed by atoms with van der Waals surface area (Å²) in [7, 11) is 0. The van der Waals surface area contributed by atoms with Gasteiger partial charge in [0.25, 0.3) is 5.91 Å². The van der Waals surface area contributed by atoms with Gasteiger partial charge >= 0.3 is 5.97 Å². The van der Waals surface area contributed by atoms with Crippen LogP contribution >= 0.6 is 23.1 Å². The predicted molar refractivity (Wildman–Crippen MR) is 87.9 cm³/mol. The Morgan fingerprint density at radius 1 is 1.26 bits per heavy atom. The standard InChI is InChI=1S/C14H12N4O3S2/c1-7-13(22-8(2)15-7)14(20)21-6-11(19)16-9-4-3-5-10-12(9)18-23-17-10/h3-5H,6H2,1-2H3,(H,16,19). The Balaban J connectivity index is 1.63. The summed E-state index contributed by atoms with van der Waals surface area (Å²) in [6.07, 6.45) is 0. The zero-order chi connectivity index (χ0) is 16.4. The number of ether oxygens (including phenoxy) is 1. The third-order valence-electron chi connectivity index (χ3n) is 2.98. The van der Waals surface area contributed by atoms with Gasteiger partial charge in [0.15, 0.2) is 6.61 Å². The van der Waals surface area contributed by atoms with E-state index < -0.39 is 11.9 Å². The van der Waals surface area contributed by atoms with E-state index in [1.165, 1.54) is 11.3 Å². The minimum Gasteiger partial charge on any atom is -0.451 e. The monoisotopic (exact) mass is 348 g/mol. The third-order valence-corrected chi connectivity index (χ3v) is 4.58. The number of aryl methyl sites for hydroxylation is 2. The topological polar surface area (TPSA) is 94.1 Å². The van der Waals surface area contributed by atoms with E-state index in [-0.39, 0.29) is 6.61 Å². The zero-order valence-corrected chi connectivity index (χ0v) is 14.0. The van der Waals surface area contributed by atoms with Crippen molar-refractivity contribution < 1.29 is 14.3 Å². The lowest BCUT2D eigenvalue weighted by Gasteiger charge is -2.06. The number of anilines is 1. The summed E-state index contributed by atoms with van der Waals surface area (Å²) in [5.41, 5.74) is 2.48. The molecule has 0 saturated carbocycles. The number of nitrogens with one attached hydrogen (secondary N) is 1. The highest BCUT2D eigenvalue weighted by Gasteiger charge is 2.17. The van der Waals surface area contributed by atoms with E-state index in [9.17, 15) is 9.59 Å². The van der Waals surface area contributed by atoms with Crippen LogP contribution in [0.3, 0.4) is 0 Å². The van der Waals surface area contributed by atoms with E-state index >= 15 is 0 Å². The molecular formula is C14H12N4O3S2. The number of fused-ring (bicyclic) bond motifs is 1. The molecule has 7 nitrogen and oxygen atoms in total. The molecule has 118 valence electrons. The Labute approximate surface area is 139 Å². The highest BCUT2D eigenvalue weighted by Crippen LogP contribution is 2.21. The first kappa shape index (κ1) is 15.5. The molecule has 0 radical (unpaired) electrons. The fraction of sp³-hybridized carbons (Fsp3) is 0.214. The number of benzene rings is 1. The molecular weight excluding hydrogens is 336 g/mol. The van der Waals surface area contributed by atoms with Crippen LogP contribution in [-0.4, -0.2) is 32.2 Å². The minimum absolute atomic E-state index is 0.372. The van der Waals surface area contributed by atoms with Crippen molar-refractivity contribution in [3.63, 3.8) is 0 Å².